The maximum Gasteiger partial charge on any atom is 0.302 e. The van der Waals surface area contributed by atoms with E-state index in [-0.39, 0.29) is 12.6 Å². The van der Waals surface area contributed by atoms with Gasteiger partial charge in [-0.3, -0.25) is 4.79 Å². The monoisotopic (exact) mass is 690 g/mol. The molecule has 0 saturated carbocycles. The van der Waals surface area contributed by atoms with Crippen LogP contribution in [0.4, 0.5) is 0 Å². The van der Waals surface area contributed by atoms with E-state index in [1.165, 1.54) is 61.9 Å². The minimum Gasteiger partial charge on any atom is -0.489 e. The number of unbranched alkanes of at least 4 members (excludes halogenated alkanes) is 5. The zero-order valence-electron chi connectivity index (χ0n) is 28.0. The Labute approximate surface area is 285 Å². The summed E-state index contributed by atoms with van der Waals surface area (Å²) < 4.78 is 16.3. The molecule has 0 bridgehead atoms. The van der Waals surface area contributed by atoms with Crippen LogP contribution < -0.4 is 9.47 Å². The zero-order chi connectivity index (χ0) is 33.4. The molecule has 0 aliphatic carbocycles. The second kappa shape index (κ2) is 23.7. The van der Waals surface area contributed by atoms with E-state index < -0.39 is 0 Å². The first-order chi connectivity index (χ1) is 22.3. The summed E-state index contributed by atoms with van der Waals surface area (Å²) in [5.41, 5.74) is 6.63. The maximum atomic E-state index is 10.7. The number of aliphatic hydroxyl groups excluding tert-OH is 1. The number of benzene rings is 4. The highest BCUT2D eigenvalue weighted by molar-refractivity contribution is 9.09. The minimum absolute atomic E-state index is 0.0677. The van der Waals surface area contributed by atoms with E-state index in [0.29, 0.717) is 19.8 Å². The highest BCUT2D eigenvalue weighted by Gasteiger charge is 2.00. The van der Waals surface area contributed by atoms with Gasteiger partial charge in [0.2, 0.25) is 0 Å². The number of esters is 1. The van der Waals surface area contributed by atoms with E-state index in [1.54, 1.807) is 0 Å². The van der Waals surface area contributed by atoms with Gasteiger partial charge in [-0.05, 0) is 66.8 Å². The highest BCUT2D eigenvalue weighted by Crippen LogP contribution is 2.16. The number of aryl methyl sites for hydroxylation is 2. The summed E-state index contributed by atoms with van der Waals surface area (Å²) in [7, 11) is 0. The van der Waals surface area contributed by atoms with Gasteiger partial charge in [-0.1, -0.05) is 139 Å². The highest BCUT2D eigenvalue weighted by atomic mass is 79.9. The van der Waals surface area contributed by atoms with Gasteiger partial charge in [-0.2, -0.15) is 0 Å². The standard InChI is InChI=1S/C17H18O3.C15H16O2.C8H17Br/c1-13-3-5-15(6-4-13)12-20-17-9-7-16(8-10-17)11-19-14(2)18;1-12-2-4-14(5-3-12)11-17-15-8-6-13(10-16)7-9-15;1-2-3-4-5-6-7-8-9/h3-10H,11-12H2,1-2H3;2-9,16H,10-11H2,1H3;2-8H2,1H3. The molecule has 0 heterocycles. The third-order valence-corrected chi connectivity index (χ3v) is 7.57. The van der Waals surface area contributed by atoms with Crippen LogP contribution in [0.25, 0.3) is 0 Å². The maximum absolute atomic E-state index is 10.7. The Morgan fingerprint density at radius 2 is 0.978 bits per heavy atom. The van der Waals surface area contributed by atoms with Gasteiger partial charge in [0.15, 0.2) is 0 Å². The van der Waals surface area contributed by atoms with Crippen LogP contribution in [-0.2, 0) is 36.0 Å². The lowest BCUT2D eigenvalue weighted by Gasteiger charge is -2.08. The Morgan fingerprint density at radius 1 is 0.587 bits per heavy atom. The third-order valence-electron chi connectivity index (χ3n) is 7.01. The number of hydrogen-bond donors (Lipinski definition) is 1. The summed E-state index contributed by atoms with van der Waals surface area (Å²) in [5.74, 6) is 1.35. The van der Waals surface area contributed by atoms with E-state index in [2.05, 4.69) is 85.2 Å². The summed E-state index contributed by atoms with van der Waals surface area (Å²) >= 11 is 3.42. The van der Waals surface area contributed by atoms with Crippen molar-refractivity contribution in [2.24, 2.45) is 0 Å². The topological polar surface area (TPSA) is 65.0 Å². The van der Waals surface area contributed by atoms with Gasteiger partial charge in [-0.25, -0.2) is 0 Å². The zero-order valence-corrected chi connectivity index (χ0v) is 29.6. The van der Waals surface area contributed by atoms with Crippen LogP contribution >= 0.6 is 15.9 Å². The summed E-state index contributed by atoms with van der Waals surface area (Å²) in [6, 6.07) is 31.6. The number of rotatable bonds is 15. The molecular formula is C40H51BrO5. The second-order valence-electron chi connectivity index (χ2n) is 11.2. The van der Waals surface area contributed by atoms with E-state index in [4.69, 9.17) is 19.3 Å². The molecule has 1 N–H and O–H groups in total. The summed E-state index contributed by atoms with van der Waals surface area (Å²) in [5, 5.41) is 10.1. The first kappa shape index (κ1) is 38.6. The van der Waals surface area contributed by atoms with Gasteiger partial charge in [-0.15, -0.1) is 0 Å². The number of alkyl halides is 1. The predicted molar refractivity (Wildman–Crippen MR) is 192 cm³/mol. The van der Waals surface area contributed by atoms with Crippen LogP contribution in [0.5, 0.6) is 11.5 Å². The first-order valence-electron chi connectivity index (χ1n) is 16.2. The average molecular weight is 692 g/mol. The van der Waals surface area contributed by atoms with Crippen molar-refractivity contribution in [1.29, 1.82) is 0 Å². The molecule has 4 rings (SSSR count). The average Bonchev–Trinajstić information content (AvgIpc) is 3.08. The quantitative estimate of drug-likeness (QED) is 0.0764. The lowest BCUT2D eigenvalue weighted by Crippen LogP contribution is -1.99. The van der Waals surface area contributed by atoms with Gasteiger partial charge < -0.3 is 19.3 Å². The first-order valence-corrected chi connectivity index (χ1v) is 17.3. The smallest absolute Gasteiger partial charge is 0.302 e. The summed E-state index contributed by atoms with van der Waals surface area (Å²) in [6.07, 6.45) is 8.40. The number of carbonyl (C=O) groups is 1. The van der Waals surface area contributed by atoms with Crippen molar-refractivity contribution in [3.05, 3.63) is 130 Å². The fourth-order valence-electron chi connectivity index (χ4n) is 4.13. The largest absolute Gasteiger partial charge is 0.489 e. The lowest BCUT2D eigenvalue weighted by molar-refractivity contribution is -0.142. The molecule has 6 heteroatoms. The molecule has 0 amide bonds. The SMILES string of the molecule is CC(=O)OCc1ccc(OCc2ccc(C)cc2)cc1.CCCCCCCCBr.Cc1ccc(COc2ccc(CO)cc2)cc1. The fourth-order valence-corrected chi connectivity index (χ4v) is 4.53. The van der Waals surface area contributed by atoms with E-state index >= 15 is 0 Å². The number of ether oxygens (including phenoxy) is 3. The number of carbonyl (C=O) groups excluding carboxylic acids is 1. The van der Waals surface area contributed by atoms with Gasteiger partial charge in [0, 0.05) is 12.3 Å². The van der Waals surface area contributed by atoms with Crippen LogP contribution in [0.2, 0.25) is 0 Å². The van der Waals surface area contributed by atoms with E-state index in [9.17, 15) is 4.79 Å². The van der Waals surface area contributed by atoms with Crippen LogP contribution in [0.1, 0.15) is 85.8 Å². The van der Waals surface area contributed by atoms with Crippen LogP contribution in [0.3, 0.4) is 0 Å². The third kappa shape index (κ3) is 17.8. The predicted octanol–water partition coefficient (Wildman–Crippen LogP) is 10.4. The molecule has 0 spiro atoms. The van der Waals surface area contributed by atoms with Gasteiger partial charge in [0.25, 0.3) is 0 Å². The van der Waals surface area contributed by atoms with E-state index in [1.807, 2.05) is 48.5 Å². The van der Waals surface area contributed by atoms with Crippen molar-refractivity contribution in [1.82, 2.24) is 0 Å². The van der Waals surface area contributed by atoms with Crippen molar-refractivity contribution in [3.63, 3.8) is 0 Å². The molecule has 5 nitrogen and oxygen atoms in total. The molecule has 0 aromatic heterocycles. The van der Waals surface area contributed by atoms with Crippen LogP contribution in [-0.4, -0.2) is 16.4 Å². The lowest BCUT2D eigenvalue weighted by atomic mass is 10.1. The molecule has 0 radical (unpaired) electrons. The van der Waals surface area contributed by atoms with Gasteiger partial charge >= 0.3 is 5.97 Å². The fraction of sp³-hybridized carbons (Fsp3) is 0.375. The molecule has 0 unspecified atom stereocenters. The molecule has 4 aromatic rings. The van der Waals surface area contributed by atoms with Crippen molar-refractivity contribution in [3.8, 4) is 11.5 Å². The van der Waals surface area contributed by atoms with Crippen molar-refractivity contribution < 1.29 is 24.1 Å². The van der Waals surface area contributed by atoms with Crippen molar-refractivity contribution in [2.45, 2.75) is 92.6 Å². The Balaban J connectivity index is 0.000000258. The molecule has 248 valence electrons. The number of hydrogen-bond acceptors (Lipinski definition) is 5. The molecule has 0 atom stereocenters. The Bertz CT molecular complexity index is 1330. The molecule has 0 aliphatic heterocycles. The van der Waals surface area contributed by atoms with Crippen molar-refractivity contribution >= 4 is 21.9 Å². The molecular weight excluding hydrogens is 640 g/mol. The van der Waals surface area contributed by atoms with Gasteiger partial charge in [0.1, 0.15) is 31.3 Å². The van der Waals surface area contributed by atoms with Crippen LogP contribution in [0.15, 0.2) is 97.1 Å². The summed E-state index contributed by atoms with van der Waals surface area (Å²) in [6.45, 7) is 9.27. The second-order valence-corrected chi connectivity index (χ2v) is 12.0. The summed E-state index contributed by atoms with van der Waals surface area (Å²) in [4.78, 5) is 10.7. The Hall–Kier alpha value is -3.61. The molecule has 4 aromatic carbocycles. The minimum atomic E-state index is -0.273. The van der Waals surface area contributed by atoms with Gasteiger partial charge in [0.05, 0.1) is 6.61 Å². The Morgan fingerprint density at radius 3 is 1.39 bits per heavy atom. The molecule has 0 aliphatic rings. The molecule has 46 heavy (non-hydrogen) atoms. The normalized spacial score (nSPS) is 10.1. The van der Waals surface area contributed by atoms with Crippen LogP contribution in [0, 0.1) is 13.8 Å². The Kier molecular flexibility index (Phi) is 19.9. The number of aliphatic hydroxyl groups is 1. The molecule has 0 fully saturated rings. The van der Waals surface area contributed by atoms with E-state index in [0.717, 1.165) is 33.8 Å². The number of halogens is 1. The molecule has 0 saturated heterocycles. The van der Waals surface area contributed by atoms with Crippen molar-refractivity contribution in [2.75, 3.05) is 5.33 Å².